The average molecular weight is 222 g/mol. The Bertz CT molecular complexity index is 332. The molecule has 0 saturated heterocycles. The van der Waals surface area contributed by atoms with Crippen LogP contribution >= 0.6 is 0 Å². The zero-order valence-corrected chi connectivity index (χ0v) is 10.5. The van der Waals surface area contributed by atoms with Gasteiger partial charge in [0.1, 0.15) is 0 Å². The number of aliphatic hydroxyl groups excluding tert-OH is 1. The van der Waals surface area contributed by atoms with Gasteiger partial charge in [0.05, 0.1) is 6.10 Å². The minimum absolute atomic E-state index is 0.0760. The lowest BCUT2D eigenvalue weighted by molar-refractivity contribution is -0.133. The minimum Gasteiger partial charge on any atom is -0.393 e. The summed E-state index contributed by atoms with van der Waals surface area (Å²) >= 11 is 0. The lowest BCUT2D eigenvalue weighted by Gasteiger charge is -2.51. The SMILES string of the molecule is C/C=C1/C[C@@]2(C)C(CCC[C@@H]2O)C(C)C1=O. The van der Waals surface area contributed by atoms with E-state index in [1.807, 2.05) is 19.9 Å². The van der Waals surface area contributed by atoms with E-state index in [1.54, 1.807) is 0 Å². The topological polar surface area (TPSA) is 37.3 Å². The van der Waals surface area contributed by atoms with E-state index in [9.17, 15) is 9.90 Å². The first-order chi connectivity index (χ1) is 7.50. The Morgan fingerprint density at radius 3 is 2.75 bits per heavy atom. The summed E-state index contributed by atoms with van der Waals surface area (Å²) in [6, 6.07) is 0. The summed E-state index contributed by atoms with van der Waals surface area (Å²) in [5.74, 6) is 0.756. The number of fused-ring (bicyclic) bond motifs is 1. The molecule has 2 nitrogen and oxygen atoms in total. The maximum Gasteiger partial charge on any atom is 0.161 e. The van der Waals surface area contributed by atoms with Gasteiger partial charge in [0.2, 0.25) is 0 Å². The molecule has 90 valence electrons. The highest BCUT2D eigenvalue weighted by Crippen LogP contribution is 2.52. The summed E-state index contributed by atoms with van der Waals surface area (Å²) in [5.41, 5.74) is 0.847. The zero-order valence-electron chi connectivity index (χ0n) is 10.5. The van der Waals surface area contributed by atoms with Gasteiger partial charge in [0.25, 0.3) is 0 Å². The molecule has 2 aliphatic rings. The predicted molar refractivity (Wildman–Crippen MR) is 64.0 cm³/mol. The van der Waals surface area contributed by atoms with Crippen molar-refractivity contribution in [2.75, 3.05) is 0 Å². The third-order valence-electron chi connectivity index (χ3n) is 4.85. The molecule has 0 heterocycles. The van der Waals surface area contributed by atoms with Crippen LogP contribution in [0.25, 0.3) is 0 Å². The molecule has 16 heavy (non-hydrogen) atoms. The summed E-state index contributed by atoms with van der Waals surface area (Å²) < 4.78 is 0. The number of hydrogen-bond donors (Lipinski definition) is 1. The molecule has 0 aromatic carbocycles. The van der Waals surface area contributed by atoms with E-state index >= 15 is 0 Å². The lowest BCUT2D eigenvalue weighted by atomic mass is 9.54. The van der Waals surface area contributed by atoms with Gasteiger partial charge in [-0.3, -0.25) is 4.79 Å². The number of rotatable bonds is 0. The maximum atomic E-state index is 12.1. The molecule has 2 saturated carbocycles. The smallest absolute Gasteiger partial charge is 0.161 e. The van der Waals surface area contributed by atoms with Crippen LogP contribution < -0.4 is 0 Å². The van der Waals surface area contributed by atoms with Crippen molar-refractivity contribution in [2.45, 2.75) is 52.6 Å². The molecular weight excluding hydrogens is 200 g/mol. The Morgan fingerprint density at radius 1 is 1.44 bits per heavy atom. The molecule has 0 aromatic rings. The van der Waals surface area contributed by atoms with E-state index in [0.717, 1.165) is 31.3 Å². The van der Waals surface area contributed by atoms with Crippen LogP contribution in [0, 0.1) is 17.3 Å². The van der Waals surface area contributed by atoms with Crippen LogP contribution in [0.15, 0.2) is 11.6 Å². The van der Waals surface area contributed by atoms with Gasteiger partial charge < -0.3 is 5.11 Å². The molecule has 2 heteroatoms. The van der Waals surface area contributed by atoms with Crippen molar-refractivity contribution in [1.82, 2.24) is 0 Å². The summed E-state index contributed by atoms with van der Waals surface area (Å²) in [7, 11) is 0. The first-order valence-corrected chi connectivity index (χ1v) is 6.38. The third-order valence-corrected chi connectivity index (χ3v) is 4.85. The summed E-state index contributed by atoms with van der Waals surface area (Å²) in [6.45, 7) is 6.12. The van der Waals surface area contributed by atoms with Gasteiger partial charge in [-0.1, -0.05) is 26.3 Å². The largest absolute Gasteiger partial charge is 0.393 e. The monoisotopic (exact) mass is 222 g/mol. The maximum absolute atomic E-state index is 12.1. The zero-order chi connectivity index (χ0) is 11.9. The Labute approximate surface area is 97.7 Å². The average Bonchev–Trinajstić information content (AvgIpc) is 2.27. The fourth-order valence-electron chi connectivity index (χ4n) is 3.72. The molecule has 0 bridgehead atoms. The van der Waals surface area contributed by atoms with Crippen LogP contribution in [0.5, 0.6) is 0 Å². The number of ketones is 1. The first-order valence-electron chi connectivity index (χ1n) is 6.38. The summed E-state index contributed by atoms with van der Waals surface area (Å²) in [6.07, 6.45) is 5.50. The third kappa shape index (κ3) is 1.55. The number of hydrogen-bond acceptors (Lipinski definition) is 2. The molecule has 0 aromatic heterocycles. The Hall–Kier alpha value is -0.630. The van der Waals surface area contributed by atoms with Crippen LogP contribution in [0.2, 0.25) is 0 Å². The molecule has 2 fully saturated rings. The molecule has 2 unspecified atom stereocenters. The van der Waals surface area contributed by atoms with Crippen molar-refractivity contribution in [1.29, 1.82) is 0 Å². The number of allylic oxidation sites excluding steroid dienone is 2. The molecule has 4 atom stereocenters. The molecule has 0 aliphatic heterocycles. The molecule has 0 radical (unpaired) electrons. The Balaban J connectivity index is 2.36. The van der Waals surface area contributed by atoms with Gasteiger partial charge in [-0.05, 0) is 37.7 Å². The van der Waals surface area contributed by atoms with Crippen molar-refractivity contribution in [3.05, 3.63) is 11.6 Å². The van der Waals surface area contributed by atoms with Crippen LogP contribution in [0.4, 0.5) is 0 Å². The van der Waals surface area contributed by atoms with Crippen LogP contribution in [-0.2, 0) is 4.79 Å². The first kappa shape index (κ1) is 11.8. The van der Waals surface area contributed by atoms with E-state index in [4.69, 9.17) is 0 Å². The standard InChI is InChI=1S/C14H22O2/c1-4-10-8-14(3)11(9(2)13(10)16)6-5-7-12(14)15/h4,9,11-12,15H,5-8H2,1-3H3/b10-4-/t9?,11?,12-,14-/m0/s1. The molecule has 2 rings (SSSR count). The van der Waals surface area contributed by atoms with E-state index < -0.39 is 0 Å². The number of aliphatic hydroxyl groups is 1. The highest BCUT2D eigenvalue weighted by Gasteiger charge is 2.51. The van der Waals surface area contributed by atoms with Crippen molar-refractivity contribution in [3.8, 4) is 0 Å². The van der Waals surface area contributed by atoms with Gasteiger partial charge in [0, 0.05) is 11.3 Å². The van der Waals surface area contributed by atoms with Crippen molar-refractivity contribution in [3.63, 3.8) is 0 Å². The second-order valence-electron chi connectivity index (χ2n) is 5.70. The van der Waals surface area contributed by atoms with Crippen LogP contribution in [-0.4, -0.2) is 17.0 Å². The van der Waals surface area contributed by atoms with E-state index in [0.29, 0.717) is 11.7 Å². The van der Waals surface area contributed by atoms with Gasteiger partial charge in [0.15, 0.2) is 5.78 Å². The Morgan fingerprint density at radius 2 is 2.12 bits per heavy atom. The highest BCUT2D eigenvalue weighted by molar-refractivity contribution is 5.98. The van der Waals surface area contributed by atoms with Crippen molar-refractivity contribution in [2.24, 2.45) is 17.3 Å². The van der Waals surface area contributed by atoms with Gasteiger partial charge in [-0.15, -0.1) is 0 Å². The highest BCUT2D eigenvalue weighted by atomic mass is 16.3. The van der Waals surface area contributed by atoms with Crippen LogP contribution in [0.3, 0.4) is 0 Å². The fourth-order valence-corrected chi connectivity index (χ4v) is 3.72. The van der Waals surface area contributed by atoms with Crippen LogP contribution in [0.1, 0.15) is 46.5 Å². The Kier molecular flexibility index (Phi) is 2.95. The van der Waals surface area contributed by atoms with Crippen molar-refractivity contribution >= 4 is 5.78 Å². The van der Waals surface area contributed by atoms with Gasteiger partial charge >= 0.3 is 0 Å². The molecule has 1 N–H and O–H groups in total. The van der Waals surface area contributed by atoms with E-state index in [1.165, 1.54) is 0 Å². The molecular formula is C14H22O2. The second kappa shape index (κ2) is 3.99. The van der Waals surface area contributed by atoms with Crippen molar-refractivity contribution < 1.29 is 9.90 Å². The number of carbonyl (C=O) groups is 1. The minimum atomic E-state index is -0.239. The fraction of sp³-hybridized carbons (Fsp3) is 0.786. The predicted octanol–water partition coefficient (Wildman–Crippen LogP) is 2.71. The molecule has 0 amide bonds. The molecule has 0 spiro atoms. The summed E-state index contributed by atoms with van der Waals surface area (Å²) in [5, 5.41) is 10.2. The van der Waals surface area contributed by atoms with E-state index in [-0.39, 0.29) is 17.4 Å². The quantitative estimate of drug-likeness (QED) is 0.640. The lowest BCUT2D eigenvalue weighted by Crippen LogP contribution is -2.51. The number of carbonyl (C=O) groups excluding carboxylic acids is 1. The second-order valence-corrected chi connectivity index (χ2v) is 5.70. The van der Waals surface area contributed by atoms with E-state index in [2.05, 4.69) is 6.92 Å². The van der Waals surface area contributed by atoms with Gasteiger partial charge in [-0.25, -0.2) is 0 Å². The normalized spacial score (nSPS) is 46.9. The number of Topliss-reactive ketones (excluding diaryl/α,β-unsaturated/α-hetero) is 1. The van der Waals surface area contributed by atoms with Gasteiger partial charge in [-0.2, -0.15) is 0 Å². The summed E-state index contributed by atoms with van der Waals surface area (Å²) in [4.78, 5) is 12.1. The molecule has 2 aliphatic carbocycles.